The first-order chi connectivity index (χ1) is 11.6. The first-order valence-electron chi connectivity index (χ1n) is 9.43. The summed E-state index contributed by atoms with van der Waals surface area (Å²) in [6.45, 7) is 14.2. The summed E-state index contributed by atoms with van der Waals surface area (Å²) >= 11 is 0. The molecule has 0 saturated heterocycles. The van der Waals surface area contributed by atoms with Crippen molar-refractivity contribution in [3.8, 4) is 11.5 Å². The molecule has 1 atom stereocenters. The van der Waals surface area contributed by atoms with Crippen molar-refractivity contribution in [2.24, 2.45) is 0 Å². The Bertz CT molecular complexity index is 559. The van der Waals surface area contributed by atoms with Crippen LogP contribution in [0.15, 0.2) is 24.8 Å². The number of aromatic hydroxyl groups is 1. The quantitative estimate of drug-likeness (QED) is 0.401. The zero-order chi connectivity index (χ0) is 19.1. The molecule has 0 heterocycles. The first-order valence-corrected chi connectivity index (χ1v) is 9.43. The molecule has 1 unspecified atom stereocenters. The van der Waals surface area contributed by atoms with E-state index in [4.69, 9.17) is 4.74 Å². The standard InChI is InChI=1S/C22H36O3/c1-7-9-11-12-21(4,5)18-14-17(3)20(23)19(15-18)25-16-22(6,24)13-10-8-2/h8,14-15,23-24H,2,7,9-13,16H2,1,3-6H3. The van der Waals surface area contributed by atoms with Gasteiger partial charge in [-0.25, -0.2) is 0 Å². The van der Waals surface area contributed by atoms with Gasteiger partial charge in [-0.2, -0.15) is 0 Å². The van der Waals surface area contributed by atoms with Gasteiger partial charge in [-0.1, -0.05) is 52.2 Å². The molecule has 0 aromatic heterocycles. The maximum Gasteiger partial charge on any atom is 0.161 e. The summed E-state index contributed by atoms with van der Waals surface area (Å²) in [6.07, 6.45) is 7.83. The molecule has 0 saturated carbocycles. The average molecular weight is 349 g/mol. The maximum atomic E-state index is 10.4. The molecule has 0 bridgehead atoms. The Balaban J connectivity index is 2.93. The third kappa shape index (κ3) is 6.74. The number of allylic oxidation sites excluding steroid dienone is 1. The second-order valence-electron chi connectivity index (χ2n) is 8.09. The van der Waals surface area contributed by atoms with Crippen LogP contribution in [0.3, 0.4) is 0 Å². The van der Waals surface area contributed by atoms with Crippen LogP contribution in [-0.4, -0.2) is 22.4 Å². The molecular weight excluding hydrogens is 312 g/mol. The van der Waals surface area contributed by atoms with Crippen molar-refractivity contribution >= 4 is 0 Å². The van der Waals surface area contributed by atoms with Crippen LogP contribution < -0.4 is 4.74 Å². The van der Waals surface area contributed by atoms with Crippen LogP contribution in [0.2, 0.25) is 0 Å². The molecule has 0 aliphatic carbocycles. The summed E-state index contributed by atoms with van der Waals surface area (Å²) in [5, 5.41) is 20.7. The Morgan fingerprint density at radius 1 is 1.16 bits per heavy atom. The largest absolute Gasteiger partial charge is 0.504 e. The number of phenols is 1. The van der Waals surface area contributed by atoms with Crippen molar-refractivity contribution in [3.63, 3.8) is 0 Å². The van der Waals surface area contributed by atoms with E-state index in [9.17, 15) is 10.2 Å². The molecule has 1 aromatic carbocycles. The molecule has 0 radical (unpaired) electrons. The topological polar surface area (TPSA) is 49.7 Å². The minimum atomic E-state index is -0.943. The van der Waals surface area contributed by atoms with Crippen LogP contribution in [0.25, 0.3) is 0 Å². The summed E-state index contributed by atoms with van der Waals surface area (Å²) in [6, 6.07) is 3.97. The van der Waals surface area contributed by atoms with Gasteiger partial charge in [-0.05, 0) is 55.7 Å². The van der Waals surface area contributed by atoms with E-state index in [0.29, 0.717) is 12.2 Å². The van der Waals surface area contributed by atoms with Gasteiger partial charge >= 0.3 is 0 Å². The second kappa shape index (κ2) is 9.28. The van der Waals surface area contributed by atoms with E-state index in [1.807, 2.05) is 19.1 Å². The first kappa shape index (κ1) is 21.6. The Hall–Kier alpha value is -1.48. The molecule has 3 heteroatoms. The van der Waals surface area contributed by atoms with E-state index in [1.165, 1.54) is 24.8 Å². The fourth-order valence-corrected chi connectivity index (χ4v) is 2.93. The van der Waals surface area contributed by atoms with Gasteiger partial charge in [-0.3, -0.25) is 0 Å². The summed E-state index contributed by atoms with van der Waals surface area (Å²) < 4.78 is 5.81. The number of hydrogen-bond acceptors (Lipinski definition) is 3. The van der Waals surface area contributed by atoms with E-state index in [0.717, 1.165) is 18.4 Å². The molecule has 2 N–H and O–H groups in total. The van der Waals surface area contributed by atoms with Gasteiger partial charge in [0, 0.05) is 0 Å². The van der Waals surface area contributed by atoms with Crippen LogP contribution in [-0.2, 0) is 5.41 Å². The molecule has 3 nitrogen and oxygen atoms in total. The molecule has 142 valence electrons. The van der Waals surface area contributed by atoms with Gasteiger partial charge < -0.3 is 14.9 Å². The zero-order valence-corrected chi connectivity index (χ0v) is 16.7. The van der Waals surface area contributed by atoms with Gasteiger partial charge in [0.15, 0.2) is 11.5 Å². The Kier molecular flexibility index (Phi) is 8.01. The number of benzene rings is 1. The molecule has 0 aliphatic rings. The molecule has 0 aliphatic heterocycles. The summed E-state index contributed by atoms with van der Waals surface area (Å²) in [7, 11) is 0. The molecular formula is C22H36O3. The zero-order valence-electron chi connectivity index (χ0n) is 16.7. The lowest BCUT2D eigenvalue weighted by atomic mass is 9.79. The lowest BCUT2D eigenvalue weighted by Gasteiger charge is -2.28. The van der Waals surface area contributed by atoms with E-state index in [2.05, 4.69) is 27.4 Å². The number of aliphatic hydroxyl groups is 1. The SMILES string of the molecule is C=CCCC(C)(O)COc1cc(C(C)(C)CCCCC)cc(C)c1O. The second-order valence-corrected chi connectivity index (χ2v) is 8.09. The normalized spacial score (nSPS) is 14.2. The average Bonchev–Trinajstić information content (AvgIpc) is 2.54. The highest BCUT2D eigenvalue weighted by molar-refractivity contribution is 5.49. The summed E-state index contributed by atoms with van der Waals surface area (Å²) in [4.78, 5) is 0. The fourth-order valence-electron chi connectivity index (χ4n) is 2.93. The van der Waals surface area contributed by atoms with Gasteiger partial charge in [0.05, 0.1) is 5.60 Å². The highest BCUT2D eigenvalue weighted by Gasteiger charge is 2.25. The van der Waals surface area contributed by atoms with E-state index < -0.39 is 5.60 Å². The number of ether oxygens (including phenoxy) is 1. The predicted octanol–water partition coefficient (Wildman–Crippen LogP) is 5.65. The predicted molar refractivity (Wildman–Crippen MR) is 106 cm³/mol. The van der Waals surface area contributed by atoms with Crippen molar-refractivity contribution in [2.45, 2.75) is 84.2 Å². The minimum absolute atomic E-state index is 0.0249. The highest BCUT2D eigenvalue weighted by atomic mass is 16.5. The van der Waals surface area contributed by atoms with Crippen molar-refractivity contribution in [1.29, 1.82) is 0 Å². The third-order valence-electron chi connectivity index (χ3n) is 4.88. The fraction of sp³-hybridized carbons (Fsp3) is 0.636. The molecule has 1 aromatic rings. The van der Waals surface area contributed by atoms with Crippen LogP contribution in [0.4, 0.5) is 0 Å². The van der Waals surface area contributed by atoms with Gasteiger partial charge in [0.2, 0.25) is 0 Å². The smallest absolute Gasteiger partial charge is 0.161 e. The number of unbranched alkanes of at least 4 members (excludes halogenated alkanes) is 2. The van der Waals surface area contributed by atoms with Gasteiger partial charge in [0.1, 0.15) is 6.61 Å². The molecule has 0 amide bonds. The summed E-state index contributed by atoms with van der Waals surface area (Å²) in [5.74, 6) is 0.616. The van der Waals surface area contributed by atoms with Crippen molar-refractivity contribution in [3.05, 3.63) is 35.9 Å². The van der Waals surface area contributed by atoms with Crippen molar-refractivity contribution < 1.29 is 14.9 Å². The Morgan fingerprint density at radius 3 is 2.44 bits per heavy atom. The Morgan fingerprint density at radius 2 is 1.84 bits per heavy atom. The maximum absolute atomic E-state index is 10.4. The number of aryl methyl sites for hydroxylation is 1. The van der Waals surface area contributed by atoms with Crippen LogP contribution in [0, 0.1) is 6.92 Å². The lowest BCUT2D eigenvalue weighted by Crippen LogP contribution is -2.32. The van der Waals surface area contributed by atoms with E-state index in [1.54, 1.807) is 13.0 Å². The molecule has 0 fully saturated rings. The van der Waals surface area contributed by atoms with Crippen molar-refractivity contribution in [2.75, 3.05) is 6.61 Å². The van der Waals surface area contributed by atoms with Crippen molar-refractivity contribution in [1.82, 2.24) is 0 Å². The number of rotatable bonds is 11. The highest BCUT2D eigenvalue weighted by Crippen LogP contribution is 2.38. The van der Waals surface area contributed by atoms with E-state index >= 15 is 0 Å². The molecule has 25 heavy (non-hydrogen) atoms. The van der Waals surface area contributed by atoms with Crippen LogP contribution in [0.5, 0.6) is 11.5 Å². The summed E-state index contributed by atoms with van der Waals surface area (Å²) in [5.41, 5.74) is 1.06. The minimum Gasteiger partial charge on any atom is -0.504 e. The lowest BCUT2D eigenvalue weighted by molar-refractivity contribution is 0.00448. The monoisotopic (exact) mass is 348 g/mol. The third-order valence-corrected chi connectivity index (χ3v) is 4.88. The molecule has 1 rings (SSSR count). The van der Waals surface area contributed by atoms with Crippen LogP contribution >= 0.6 is 0 Å². The number of hydrogen-bond donors (Lipinski definition) is 2. The molecule has 0 spiro atoms. The number of phenolic OH excluding ortho intramolecular Hbond substituents is 1. The van der Waals surface area contributed by atoms with Gasteiger partial charge in [-0.15, -0.1) is 6.58 Å². The van der Waals surface area contributed by atoms with Crippen LogP contribution in [0.1, 0.15) is 77.3 Å². The van der Waals surface area contributed by atoms with E-state index in [-0.39, 0.29) is 17.8 Å². The Labute approximate surface area is 153 Å². The van der Waals surface area contributed by atoms with Gasteiger partial charge in [0.25, 0.3) is 0 Å².